The van der Waals surface area contributed by atoms with Crippen LogP contribution in [0.3, 0.4) is 0 Å². The van der Waals surface area contributed by atoms with Crippen molar-refractivity contribution in [2.75, 3.05) is 6.61 Å². The predicted octanol–water partition coefficient (Wildman–Crippen LogP) is 4.60. The number of ether oxygens (including phenoxy) is 1. The van der Waals surface area contributed by atoms with Gasteiger partial charge in [-0.1, -0.05) is 67.8 Å². The minimum Gasteiger partial charge on any atom is -0.481 e. The first kappa shape index (κ1) is 23.4. The van der Waals surface area contributed by atoms with Gasteiger partial charge in [-0.05, 0) is 47.9 Å². The van der Waals surface area contributed by atoms with E-state index in [4.69, 9.17) is 9.84 Å². The standard InChI is InChI=1S/C28H32N2O5/c31-25(29-19-14-18(15-19)26(32)33)16-28(12-6-1-7-13-28)30-27(34)35-17-24-22-10-4-2-8-20(22)21-9-3-5-11-23(21)24/h2-5,8-11,18-19,24H,1,6-7,12-17H2,(H,29,31)(H,30,34)(H,32,33). The lowest BCUT2D eigenvalue weighted by Crippen LogP contribution is -2.54. The van der Waals surface area contributed by atoms with Crippen LogP contribution in [-0.4, -0.2) is 41.3 Å². The number of amides is 2. The maximum Gasteiger partial charge on any atom is 0.407 e. The van der Waals surface area contributed by atoms with Gasteiger partial charge in [-0.3, -0.25) is 9.59 Å². The Hall–Kier alpha value is -3.35. The average molecular weight is 477 g/mol. The zero-order valence-corrected chi connectivity index (χ0v) is 19.8. The molecule has 3 aliphatic carbocycles. The van der Waals surface area contributed by atoms with E-state index in [2.05, 4.69) is 34.9 Å². The van der Waals surface area contributed by atoms with Gasteiger partial charge in [-0.2, -0.15) is 0 Å². The van der Waals surface area contributed by atoms with Crippen LogP contribution in [0, 0.1) is 5.92 Å². The molecule has 7 nitrogen and oxygen atoms in total. The Balaban J connectivity index is 1.20. The van der Waals surface area contributed by atoms with Crippen LogP contribution >= 0.6 is 0 Å². The van der Waals surface area contributed by atoms with Crippen molar-refractivity contribution in [1.82, 2.24) is 10.6 Å². The molecule has 0 bridgehead atoms. The van der Waals surface area contributed by atoms with Gasteiger partial charge in [0.25, 0.3) is 0 Å². The van der Waals surface area contributed by atoms with E-state index in [1.54, 1.807) is 0 Å². The number of hydrogen-bond acceptors (Lipinski definition) is 4. The van der Waals surface area contributed by atoms with Crippen LogP contribution in [0.25, 0.3) is 11.1 Å². The van der Waals surface area contributed by atoms with Crippen molar-refractivity contribution in [1.29, 1.82) is 0 Å². The molecule has 0 unspecified atom stereocenters. The summed E-state index contributed by atoms with van der Waals surface area (Å²) in [5.74, 6) is -1.33. The Morgan fingerprint density at radius 1 is 0.914 bits per heavy atom. The van der Waals surface area contributed by atoms with E-state index in [0.29, 0.717) is 12.8 Å². The summed E-state index contributed by atoms with van der Waals surface area (Å²) < 4.78 is 5.76. The van der Waals surface area contributed by atoms with Crippen LogP contribution in [0.4, 0.5) is 4.79 Å². The van der Waals surface area contributed by atoms with Crippen molar-refractivity contribution in [3.8, 4) is 11.1 Å². The Morgan fingerprint density at radius 3 is 2.11 bits per heavy atom. The van der Waals surface area contributed by atoms with E-state index in [0.717, 1.165) is 43.2 Å². The van der Waals surface area contributed by atoms with Crippen LogP contribution in [0.2, 0.25) is 0 Å². The molecular formula is C28H32N2O5. The number of benzene rings is 2. The van der Waals surface area contributed by atoms with Crippen molar-refractivity contribution >= 4 is 18.0 Å². The quantitative estimate of drug-likeness (QED) is 0.542. The van der Waals surface area contributed by atoms with Crippen molar-refractivity contribution in [2.45, 2.75) is 68.9 Å². The summed E-state index contributed by atoms with van der Waals surface area (Å²) in [6.07, 6.45) is 5.06. The van der Waals surface area contributed by atoms with Gasteiger partial charge in [-0.25, -0.2) is 4.79 Å². The first-order chi connectivity index (χ1) is 16.9. The van der Waals surface area contributed by atoms with Gasteiger partial charge >= 0.3 is 12.1 Å². The molecule has 0 spiro atoms. The van der Waals surface area contributed by atoms with Gasteiger partial charge in [0.1, 0.15) is 6.61 Å². The zero-order chi connectivity index (χ0) is 24.4. The number of aliphatic carboxylic acids is 1. The Morgan fingerprint density at radius 2 is 1.51 bits per heavy atom. The van der Waals surface area contributed by atoms with Crippen LogP contribution in [0.15, 0.2) is 48.5 Å². The molecule has 0 atom stereocenters. The molecule has 0 saturated heterocycles. The lowest BCUT2D eigenvalue weighted by Gasteiger charge is -2.39. The fourth-order valence-electron chi connectivity index (χ4n) is 5.95. The van der Waals surface area contributed by atoms with E-state index in [1.807, 2.05) is 24.3 Å². The van der Waals surface area contributed by atoms with Gasteiger partial charge in [0, 0.05) is 18.4 Å². The topological polar surface area (TPSA) is 105 Å². The second-order valence-electron chi connectivity index (χ2n) is 10.2. The third-order valence-electron chi connectivity index (χ3n) is 7.87. The number of hydrogen-bond donors (Lipinski definition) is 3. The van der Waals surface area contributed by atoms with Crippen LogP contribution in [-0.2, 0) is 14.3 Å². The Labute approximate surface area is 205 Å². The predicted molar refractivity (Wildman–Crippen MR) is 131 cm³/mol. The number of carbonyl (C=O) groups is 3. The fraction of sp³-hybridized carbons (Fsp3) is 0.464. The maximum absolute atomic E-state index is 13.0. The smallest absolute Gasteiger partial charge is 0.407 e. The second-order valence-corrected chi connectivity index (χ2v) is 10.2. The summed E-state index contributed by atoms with van der Waals surface area (Å²) in [7, 11) is 0. The molecule has 7 heteroatoms. The largest absolute Gasteiger partial charge is 0.481 e. The second kappa shape index (κ2) is 9.72. The number of rotatable bonds is 7. The first-order valence-electron chi connectivity index (χ1n) is 12.6. The highest BCUT2D eigenvalue weighted by molar-refractivity contribution is 5.81. The summed E-state index contributed by atoms with van der Waals surface area (Å²) in [4.78, 5) is 36.7. The molecule has 35 heavy (non-hydrogen) atoms. The molecule has 184 valence electrons. The van der Waals surface area contributed by atoms with Crippen molar-refractivity contribution in [3.63, 3.8) is 0 Å². The highest BCUT2D eigenvalue weighted by Gasteiger charge is 2.40. The SMILES string of the molecule is O=C(CC1(NC(=O)OCC2c3ccccc3-c3ccccc32)CCCCC1)NC1CC(C(=O)O)C1. The summed E-state index contributed by atoms with van der Waals surface area (Å²) in [5.41, 5.74) is 4.06. The molecule has 3 aliphatic rings. The molecule has 2 fully saturated rings. The number of carboxylic acids is 1. The highest BCUT2D eigenvalue weighted by atomic mass is 16.5. The molecule has 0 radical (unpaired) electrons. The van der Waals surface area contributed by atoms with Crippen LogP contribution in [0.5, 0.6) is 0 Å². The van der Waals surface area contributed by atoms with Gasteiger partial charge in [0.15, 0.2) is 0 Å². The third-order valence-corrected chi connectivity index (χ3v) is 7.87. The number of carbonyl (C=O) groups excluding carboxylic acids is 2. The van der Waals surface area contributed by atoms with E-state index in [9.17, 15) is 14.4 Å². The zero-order valence-electron chi connectivity index (χ0n) is 19.8. The first-order valence-corrected chi connectivity index (χ1v) is 12.6. The summed E-state index contributed by atoms with van der Waals surface area (Å²) in [5, 5.41) is 15.1. The average Bonchev–Trinajstić information content (AvgIpc) is 3.14. The summed E-state index contributed by atoms with van der Waals surface area (Å²) >= 11 is 0. The molecule has 0 heterocycles. The van der Waals surface area contributed by atoms with E-state index >= 15 is 0 Å². The van der Waals surface area contributed by atoms with Crippen molar-refractivity contribution < 1.29 is 24.2 Å². The molecule has 5 rings (SSSR count). The fourth-order valence-corrected chi connectivity index (χ4v) is 5.95. The number of nitrogens with one attached hydrogen (secondary N) is 2. The normalized spacial score (nSPS) is 22.3. The van der Waals surface area contributed by atoms with E-state index in [-0.39, 0.29) is 36.8 Å². The van der Waals surface area contributed by atoms with Gasteiger partial charge in [0.05, 0.1) is 11.5 Å². The number of alkyl carbamates (subject to hydrolysis) is 1. The maximum atomic E-state index is 13.0. The third kappa shape index (κ3) is 4.90. The summed E-state index contributed by atoms with van der Waals surface area (Å²) in [6.45, 7) is 0.237. The van der Waals surface area contributed by atoms with Gasteiger partial charge < -0.3 is 20.5 Å². The molecule has 3 N–H and O–H groups in total. The number of carboxylic acid groups (broad SMARTS) is 1. The van der Waals surface area contributed by atoms with Crippen molar-refractivity contribution in [3.05, 3.63) is 59.7 Å². The molecule has 2 amide bonds. The Kier molecular flexibility index (Phi) is 6.50. The molecular weight excluding hydrogens is 444 g/mol. The van der Waals surface area contributed by atoms with E-state index < -0.39 is 17.6 Å². The Bertz CT molecular complexity index is 1070. The van der Waals surface area contributed by atoms with Crippen molar-refractivity contribution in [2.24, 2.45) is 5.92 Å². The molecule has 2 aromatic carbocycles. The van der Waals surface area contributed by atoms with E-state index in [1.165, 1.54) is 11.1 Å². The highest BCUT2D eigenvalue weighted by Crippen LogP contribution is 2.44. The van der Waals surface area contributed by atoms with Gasteiger partial charge in [-0.15, -0.1) is 0 Å². The monoisotopic (exact) mass is 476 g/mol. The summed E-state index contributed by atoms with van der Waals surface area (Å²) in [6, 6.07) is 16.3. The van der Waals surface area contributed by atoms with Crippen LogP contribution in [0.1, 0.15) is 68.4 Å². The molecule has 2 saturated carbocycles. The lowest BCUT2D eigenvalue weighted by molar-refractivity contribution is -0.146. The van der Waals surface area contributed by atoms with Gasteiger partial charge in [0.2, 0.25) is 5.91 Å². The lowest BCUT2D eigenvalue weighted by atomic mass is 9.78. The molecule has 0 aliphatic heterocycles. The molecule has 2 aromatic rings. The minimum absolute atomic E-state index is 0.0143. The minimum atomic E-state index is -0.809. The molecule has 0 aromatic heterocycles. The number of fused-ring (bicyclic) bond motifs is 3. The van der Waals surface area contributed by atoms with Crippen LogP contribution < -0.4 is 10.6 Å².